The van der Waals surface area contributed by atoms with E-state index in [0.717, 1.165) is 25.7 Å². The fraction of sp³-hybridized carbons (Fsp3) is 0.533. The first-order chi connectivity index (χ1) is 8.53. The summed E-state index contributed by atoms with van der Waals surface area (Å²) in [6.45, 7) is 2.38. The first kappa shape index (κ1) is 13.1. The van der Waals surface area contributed by atoms with Crippen LogP contribution in [0.2, 0.25) is 0 Å². The standard InChI is InChI=1S/C15H20FNO/c1-15(9-5-6-10-15)14(18)17(2)11-12-7-3-4-8-13(12)16/h3-4,7-8H,5-6,9-11H2,1-2H3. The third kappa shape index (κ3) is 2.55. The largest absolute Gasteiger partial charge is 0.341 e. The van der Waals surface area contributed by atoms with E-state index in [1.54, 1.807) is 30.1 Å². The molecule has 0 bridgehead atoms. The molecular weight excluding hydrogens is 229 g/mol. The highest BCUT2D eigenvalue weighted by atomic mass is 19.1. The SMILES string of the molecule is CN(Cc1ccccc1F)C(=O)C1(C)CCCC1. The average molecular weight is 249 g/mol. The van der Waals surface area contributed by atoms with Gasteiger partial charge in [0.1, 0.15) is 5.82 Å². The first-order valence-electron chi connectivity index (χ1n) is 6.52. The second-order valence-corrected chi connectivity index (χ2v) is 5.52. The van der Waals surface area contributed by atoms with E-state index < -0.39 is 0 Å². The van der Waals surface area contributed by atoms with Gasteiger partial charge in [-0.1, -0.05) is 38.0 Å². The summed E-state index contributed by atoms with van der Waals surface area (Å²) in [5.41, 5.74) is 0.343. The maximum Gasteiger partial charge on any atom is 0.228 e. The van der Waals surface area contributed by atoms with Gasteiger partial charge < -0.3 is 4.90 Å². The lowest BCUT2D eigenvalue weighted by molar-refractivity contribution is -0.140. The van der Waals surface area contributed by atoms with Gasteiger partial charge in [0.15, 0.2) is 0 Å². The van der Waals surface area contributed by atoms with E-state index in [2.05, 4.69) is 0 Å². The second kappa shape index (κ2) is 5.09. The van der Waals surface area contributed by atoms with Crippen molar-refractivity contribution in [1.29, 1.82) is 0 Å². The zero-order valence-corrected chi connectivity index (χ0v) is 11.1. The molecule has 18 heavy (non-hydrogen) atoms. The molecule has 0 heterocycles. The Balaban J connectivity index is 2.06. The smallest absolute Gasteiger partial charge is 0.228 e. The van der Waals surface area contributed by atoms with Crippen LogP contribution < -0.4 is 0 Å². The fourth-order valence-electron chi connectivity index (χ4n) is 2.78. The van der Waals surface area contributed by atoms with Crippen LogP contribution in [0.4, 0.5) is 4.39 Å². The van der Waals surface area contributed by atoms with E-state index in [9.17, 15) is 9.18 Å². The molecule has 0 N–H and O–H groups in total. The van der Waals surface area contributed by atoms with Gasteiger partial charge in [-0.2, -0.15) is 0 Å². The fourth-order valence-corrected chi connectivity index (χ4v) is 2.78. The Labute approximate surface area is 108 Å². The molecule has 1 aliphatic carbocycles. The maximum atomic E-state index is 13.5. The van der Waals surface area contributed by atoms with Crippen LogP contribution in [-0.4, -0.2) is 17.9 Å². The molecule has 2 nitrogen and oxygen atoms in total. The van der Waals surface area contributed by atoms with Crippen molar-refractivity contribution in [3.63, 3.8) is 0 Å². The van der Waals surface area contributed by atoms with E-state index in [1.807, 2.05) is 6.92 Å². The van der Waals surface area contributed by atoms with Crippen molar-refractivity contribution in [2.45, 2.75) is 39.2 Å². The Hall–Kier alpha value is -1.38. The van der Waals surface area contributed by atoms with Crippen molar-refractivity contribution in [3.05, 3.63) is 35.6 Å². The van der Waals surface area contributed by atoms with Gasteiger partial charge in [-0.05, 0) is 18.9 Å². The van der Waals surface area contributed by atoms with Crippen molar-refractivity contribution in [3.8, 4) is 0 Å². The number of carbonyl (C=O) groups excluding carboxylic acids is 1. The Bertz CT molecular complexity index is 438. The minimum absolute atomic E-state index is 0.142. The topological polar surface area (TPSA) is 20.3 Å². The van der Waals surface area contributed by atoms with Crippen LogP contribution in [0.5, 0.6) is 0 Å². The Kier molecular flexibility index (Phi) is 3.69. The summed E-state index contributed by atoms with van der Waals surface area (Å²) in [5, 5.41) is 0. The highest BCUT2D eigenvalue weighted by Crippen LogP contribution is 2.39. The molecule has 1 aliphatic rings. The van der Waals surface area contributed by atoms with Crippen LogP contribution in [0.15, 0.2) is 24.3 Å². The lowest BCUT2D eigenvalue weighted by atomic mass is 9.87. The van der Waals surface area contributed by atoms with Gasteiger partial charge in [0.2, 0.25) is 5.91 Å². The zero-order chi connectivity index (χ0) is 13.2. The number of carbonyl (C=O) groups is 1. The quantitative estimate of drug-likeness (QED) is 0.804. The summed E-state index contributed by atoms with van der Waals surface area (Å²) in [4.78, 5) is 14.0. The molecule has 0 aliphatic heterocycles. The van der Waals surface area contributed by atoms with Gasteiger partial charge in [-0.25, -0.2) is 4.39 Å². The zero-order valence-electron chi connectivity index (χ0n) is 11.1. The highest BCUT2D eigenvalue weighted by Gasteiger charge is 2.38. The van der Waals surface area contributed by atoms with Crippen LogP contribution >= 0.6 is 0 Å². The van der Waals surface area contributed by atoms with E-state index in [0.29, 0.717) is 12.1 Å². The van der Waals surface area contributed by atoms with Gasteiger partial charge in [-0.15, -0.1) is 0 Å². The van der Waals surface area contributed by atoms with Gasteiger partial charge in [0, 0.05) is 24.6 Å². The number of nitrogens with zero attached hydrogens (tertiary/aromatic N) is 1. The molecule has 1 aromatic rings. The Morgan fingerprint density at radius 1 is 1.33 bits per heavy atom. The molecular formula is C15H20FNO. The minimum Gasteiger partial charge on any atom is -0.341 e. The Morgan fingerprint density at radius 3 is 2.56 bits per heavy atom. The summed E-state index contributed by atoms with van der Waals surface area (Å²) in [5.74, 6) is -0.100. The van der Waals surface area contributed by atoms with Crippen LogP contribution in [-0.2, 0) is 11.3 Å². The summed E-state index contributed by atoms with van der Waals surface area (Å²) >= 11 is 0. The molecule has 0 atom stereocenters. The lowest BCUT2D eigenvalue weighted by Gasteiger charge is -2.29. The van der Waals surface area contributed by atoms with Crippen molar-refractivity contribution < 1.29 is 9.18 Å². The first-order valence-corrected chi connectivity index (χ1v) is 6.52. The van der Waals surface area contributed by atoms with Crippen molar-refractivity contribution in [2.24, 2.45) is 5.41 Å². The molecule has 2 rings (SSSR count). The third-order valence-electron chi connectivity index (χ3n) is 3.94. The maximum absolute atomic E-state index is 13.5. The predicted molar refractivity (Wildman–Crippen MR) is 69.4 cm³/mol. The summed E-state index contributed by atoms with van der Waals surface area (Å²) < 4.78 is 13.5. The number of hydrogen-bond donors (Lipinski definition) is 0. The molecule has 1 amide bonds. The third-order valence-corrected chi connectivity index (χ3v) is 3.94. The molecule has 1 saturated carbocycles. The lowest BCUT2D eigenvalue weighted by Crippen LogP contribution is -2.38. The molecule has 1 aromatic carbocycles. The Morgan fingerprint density at radius 2 is 1.94 bits per heavy atom. The van der Waals surface area contributed by atoms with E-state index >= 15 is 0 Å². The molecule has 0 unspecified atom stereocenters. The van der Waals surface area contributed by atoms with E-state index in [4.69, 9.17) is 0 Å². The van der Waals surface area contributed by atoms with Gasteiger partial charge in [0.05, 0.1) is 0 Å². The summed E-state index contributed by atoms with van der Waals surface area (Å²) in [6.07, 6.45) is 4.15. The van der Waals surface area contributed by atoms with Crippen LogP contribution in [0, 0.1) is 11.2 Å². The van der Waals surface area contributed by atoms with E-state index in [-0.39, 0.29) is 17.1 Å². The summed E-state index contributed by atoms with van der Waals surface area (Å²) in [6, 6.07) is 6.63. The van der Waals surface area contributed by atoms with E-state index in [1.165, 1.54) is 6.07 Å². The van der Waals surface area contributed by atoms with Crippen LogP contribution in [0.3, 0.4) is 0 Å². The minimum atomic E-state index is -0.242. The highest BCUT2D eigenvalue weighted by molar-refractivity contribution is 5.82. The number of benzene rings is 1. The second-order valence-electron chi connectivity index (χ2n) is 5.52. The number of amides is 1. The number of rotatable bonds is 3. The van der Waals surface area contributed by atoms with Crippen LogP contribution in [0.1, 0.15) is 38.2 Å². The average Bonchev–Trinajstić information content (AvgIpc) is 2.79. The molecule has 98 valence electrons. The molecule has 3 heteroatoms. The van der Waals surface area contributed by atoms with Gasteiger partial charge >= 0.3 is 0 Å². The van der Waals surface area contributed by atoms with Crippen LogP contribution in [0.25, 0.3) is 0 Å². The van der Waals surface area contributed by atoms with Crippen molar-refractivity contribution in [2.75, 3.05) is 7.05 Å². The monoisotopic (exact) mass is 249 g/mol. The molecule has 0 radical (unpaired) electrons. The molecule has 1 fully saturated rings. The van der Waals surface area contributed by atoms with Gasteiger partial charge in [0.25, 0.3) is 0 Å². The molecule has 0 saturated heterocycles. The number of halogens is 1. The molecule has 0 spiro atoms. The number of hydrogen-bond acceptors (Lipinski definition) is 1. The molecule has 0 aromatic heterocycles. The van der Waals surface area contributed by atoms with Gasteiger partial charge in [-0.3, -0.25) is 4.79 Å². The predicted octanol–water partition coefficient (Wildman–Crippen LogP) is 3.36. The van der Waals surface area contributed by atoms with Crippen molar-refractivity contribution in [1.82, 2.24) is 4.90 Å². The normalized spacial score (nSPS) is 17.7. The van der Waals surface area contributed by atoms with Crippen molar-refractivity contribution >= 4 is 5.91 Å². The summed E-state index contributed by atoms with van der Waals surface area (Å²) in [7, 11) is 1.76.